The van der Waals surface area contributed by atoms with E-state index < -0.39 is 58.0 Å². The molecule has 0 bridgehead atoms. The van der Waals surface area contributed by atoms with Crippen LogP contribution in [0.3, 0.4) is 0 Å². The van der Waals surface area contributed by atoms with Crippen molar-refractivity contribution in [2.24, 2.45) is 0 Å². The van der Waals surface area contributed by atoms with Crippen molar-refractivity contribution < 1.29 is 79.1 Å². The van der Waals surface area contributed by atoms with Crippen LogP contribution < -0.4 is 0 Å². The number of halogens is 4. The van der Waals surface area contributed by atoms with E-state index in [4.69, 9.17) is 56.8 Å². The van der Waals surface area contributed by atoms with Crippen LogP contribution in [0.15, 0.2) is 0 Å². The lowest BCUT2D eigenvalue weighted by Gasteiger charge is -2.23. The summed E-state index contributed by atoms with van der Waals surface area (Å²) >= 11 is 0. The number of alkyl halides is 4. The topological polar surface area (TPSA) is 120 Å². The first-order chi connectivity index (χ1) is 23.0. The van der Waals surface area contributed by atoms with E-state index in [1.54, 1.807) is 6.92 Å². The van der Waals surface area contributed by atoms with Crippen molar-refractivity contribution in [3.8, 4) is 0 Å². The third kappa shape index (κ3) is 27.7. The molecule has 0 aromatic carbocycles. The molecule has 0 aliphatic heterocycles. The molecule has 0 aliphatic carbocycles. The van der Waals surface area contributed by atoms with E-state index in [1.807, 2.05) is 20.8 Å². The van der Waals surface area contributed by atoms with Gasteiger partial charge in [-0.3, -0.25) is 0 Å². The Bertz CT molecular complexity index is 586. The molecule has 0 heterocycles. The molecule has 0 fully saturated rings. The Morgan fingerprint density at radius 2 is 0.511 bits per heavy atom. The lowest BCUT2D eigenvalue weighted by atomic mass is 10.3. The van der Waals surface area contributed by atoms with Crippen LogP contribution in [0.5, 0.6) is 0 Å². The lowest BCUT2D eigenvalue weighted by molar-refractivity contribution is -0.132. The molecule has 0 aliphatic rings. The molecule has 6 unspecified atom stereocenters. The number of hydrogen-bond acceptors (Lipinski definition) is 13. The van der Waals surface area contributed by atoms with Gasteiger partial charge in [0.1, 0.15) is 36.6 Å². The highest BCUT2D eigenvalue weighted by atomic mass is 19.1. The predicted octanol–water partition coefficient (Wildman–Crippen LogP) is 3.20. The lowest BCUT2D eigenvalue weighted by Crippen LogP contribution is -2.34. The molecule has 6 atom stereocenters. The minimum Gasteiger partial charge on any atom is -0.379 e. The van der Waals surface area contributed by atoms with Crippen LogP contribution in [0, 0.1) is 0 Å². The van der Waals surface area contributed by atoms with E-state index in [-0.39, 0.29) is 78.8 Å². The van der Waals surface area contributed by atoms with E-state index in [2.05, 4.69) is 4.74 Å². The molecule has 0 saturated heterocycles. The zero-order valence-electron chi connectivity index (χ0n) is 28.4. The summed E-state index contributed by atoms with van der Waals surface area (Å²) in [5.41, 5.74) is 0. The Morgan fingerprint density at radius 1 is 0.277 bits per heavy atom. The van der Waals surface area contributed by atoms with Gasteiger partial charge in [-0.25, -0.2) is 17.6 Å². The second kappa shape index (κ2) is 35.0. The van der Waals surface area contributed by atoms with Crippen LogP contribution in [0.4, 0.5) is 17.6 Å². The van der Waals surface area contributed by atoms with E-state index in [1.165, 1.54) is 0 Å². The average Bonchev–Trinajstić information content (AvgIpc) is 3.06. The Kier molecular flexibility index (Phi) is 34.4. The first-order valence-electron chi connectivity index (χ1n) is 16.0. The fourth-order valence-corrected chi connectivity index (χ4v) is 3.92. The van der Waals surface area contributed by atoms with Crippen molar-refractivity contribution in [2.75, 3.05) is 133 Å². The molecule has 47 heavy (non-hydrogen) atoms. The fourth-order valence-electron chi connectivity index (χ4n) is 3.92. The number of rotatable bonds is 38. The molecule has 0 aromatic rings. The van der Waals surface area contributed by atoms with Crippen molar-refractivity contribution >= 4 is 0 Å². The second-order valence-corrected chi connectivity index (χ2v) is 9.75. The zero-order valence-corrected chi connectivity index (χ0v) is 28.4. The third-order valence-corrected chi connectivity index (χ3v) is 6.03. The van der Waals surface area contributed by atoms with Gasteiger partial charge in [0.15, 0.2) is 27.4 Å². The van der Waals surface area contributed by atoms with E-state index in [9.17, 15) is 17.6 Å². The summed E-state index contributed by atoms with van der Waals surface area (Å²) in [6, 6.07) is 0. The van der Waals surface area contributed by atoms with Gasteiger partial charge in [-0.1, -0.05) is 0 Å². The van der Waals surface area contributed by atoms with Crippen LogP contribution in [0.1, 0.15) is 27.7 Å². The third-order valence-electron chi connectivity index (χ3n) is 6.03. The van der Waals surface area contributed by atoms with Gasteiger partial charge in [-0.2, -0.15) is 0 Å². The minimum atomic E-state index is -1.06. The summed E-state index contributed by atoms with van der Waals surface area (Å²) in [5, 5.41) is 0. The summed E-state index contributed by atoms with van der Waals surface area (Å²) in [7, 11) is 0. The maximum Gasteiger partial charge on any atom is 0.188 e. The summed E-state index contributed by atoms with van der Waals surface area (Å²) in [4.78, 5) is 0. The van der Waals surface area contributed by atoms with Gasteiger partial charge >= 0.3 is 0 Å². The largest absolute Gasteiger partial charge is 0.379 e. The van der Waals surface area contributed by atoms with Crippen LogP contribution >= 0.6 is 0 Å². The maximum atomic E-state index is 13.0. The molecular weight excluding hydrogens is 644 g/mol. The van der Waals surface area contributed by atoms with Crippen LogP contribution in [0.2, 0.25) is 0 Å². The minimum absolute atomic E-state index is 0.00179. The SMILES string of the molecule is CCOCC(COCC(COCC(COCC(COCC(COCC(COCF)OCF)OCC)OCF)OCC)OCF)OCC. The monoisotopic (exact) mass is 702 g/mol. The Balaban J connectivity index is 4.59. The molecule has 284 valence electrons. The molecule has 0 spiro atoms. The molecule has 0 radical (unpaired) electrons. The predicted molar refractivity (Wildman–Crippen MR) is 161 cm³/mol. The van der Waals surface area contributed by atoms with Crippen LogP contribution in [-0.2, 0) is 61.6 Å². The molecular formula is C30H58F4O13. The van der Waals surface area contributed by atoms with Crippen molar-refractivity contribution in [2.45, 2.75) is 64.3 Å². The summed E-state index contributed by atoms with van der Waals surface area (Å²) in [6.07, 6.45) is -3.36. The van der Waals surface area contributed by atoms with Crippen LogP contribution in [0.25, 0.3) is 0 Å². The van der Waals surface area contributed by atoms with Gasteiger partial charge in [-0.15, -0.1) is 0 Å². The standard InChI is InChI=1S/C30H58F4O13/c1-5-35-9-25(42-6-2)10-36-15-28(45-22-32)16-37-11-26(43-7-3)12-38-17-29(46-23-33)18-39-13-27(44-8-4)14-40-19-30(47-24-34)20-41-21-31/h25-30H,5-24H2,1-4H3. The molecule has 13 nitrogen and oxygen atoms in total. The van der Waals surface area contributed by atoms with Gasteiger partial charge < -0.3 is 61.6 Å². The second-order valence-electron chi connectivity index (χ2n) is 9.75. The Morgan fingerprint density at radius 3 is 0.723 bits per heavy atom. The Labute approximate surface area is 276 Å². The van der Waals surface area contributed by atoms with Gasteiger partial charge in [0, 0.05) is 26.4 Å². The smallest absolute Gasteiger partial charge is 0.188 e. The number of hydrogen-bond donors (Lipinski definition) is 0. The summed E-state index contributed by atoms with van der Waals surface area (Å²) < 4.78 is 121. The van der Waals surface area contributed by atoms with Crippen molar-refractivity contribution in [3.63, 3.8) is 0 Å². The molecule has 0 rings (SSSR count). The fraction of sp³-hybridized carbons (Fsp3) is 1.00. The summed E-state index contributed by atoms with van der Waals surface area (Å²) in [6.45, 7) is 6.11. The quantitative estimate of drug-likeness (QED) is 0.0878. The number of ether oxygens (including phenoxy) is 13. The molecule has 0 amide bonds. The first kappa shape index (κ1) is 46.2. The molecule has 0 saturated carbocycles. The summed E-state index contributed by atoms with van der Waals surface area (Å²) in [5.74, 6) is 0. The Hall–Kier alpha value is -0.800. The highest BCUT2D eigenvalue weighted by molar-refractivity contribution is 4.64. The van der Waals surface area contributed by atoms with Crippen molar-refractivity contribution in [3.05, 3.63) is 0 Å². The van der Waals surface area contributed by atoms with Crippen molar-refractivity contribution in [1.29, 1.82) is 0 Å². The van der Waals surface area contributed by atoms with Gasteiger partial charge in [0.05, 0.1) is 79.3 Å². The van der Waals surface area contributed by atoms with E-state index in [0.29, 0.717) is 33.0 Å². The normalized spacial score (nSPS) is 15.8. The maximum absolute atomic E-state index is 13.0. The molecule has 0 aromatic heterocycles. The van der Waals surface area contributed by atoms with Crippen LogP contribution in [-0.4, -0.2) is 170 Å². The average molecular weight is 703 g/mol. The van der Waals surface area contributed by atoms with Crippen molar-refractivity contribution in [1.82, 2.24) is 0 Å². The first-order valence-corrected chi connectivity index (χ1v) is 16.0. The van der Waals surface area contributed by atoms with E-state index in [0.717, 1.165) is 0 Å². The highest BCUT2D eigenvalue weighted by Crippen LogP contribution is 2.05. The molecule has 17 heteroatoms. The zero-order chi connectivity index (χ0) is 34.8. The van der Waals surface area contributed by atoms with Gasteiger partial charge in [0.25, 0.3) is 0 Å². The highest BCUT2D eigenvalue weighted by Gasteiger charge is 2.19. The van der Waals surface area contributed by atoms with Gasteiger partial charge in [-0.05, 0) is 27.7 Å². The van der Waals surface area contributed by atoms with E-state index >= 15 is 0 Å². The molecule has 0 N–H and O–H groups in total. The van der Waals surface area contributed by atoms with Gasteiger partial charge in [0.2, 0.25) is 0 Å².